The Kier molecular flexibility index (Phi) is 5.26. The van der Waals surface area contributed by atoms with Crippen LogP contribution in [-0.4, -0.2) is 29.7 Å². The third kappa shape index (κ3) is 3.71. The second-order valence-electron chi connectivity index (χ2n) is 6.82. The molecule has 2 heterocycles. The van der Waals surface area contributed by atoms with Crippen LogP contribution in [0, 0.1) is 0 Å². The Hall–Kier alpha value is -2.92. The van der Waals surface area contributed by atoms with Gasteiger partial charge in [-0.2, -0.15) is 0 Å². The molecule has 0 bridgehead atoms. The molecule has 0 saturated heterocycles. The van der Waals surface area contributed by atoms with E-state index < -0.39 is 0 Å². The first kappa shape index (κ1) is 18.4. The van der Waals surface area contributed by atoms with Crippen LogP contribution in [0.5, 0.6) is 5.75 Å². The van der Waals surface area contributed by atoms with Crippen molar-refractivity contribution >= 4 is 23.0 Å². The number of nitrogens with zero attached hydrogens (tertiary/aromatic N) is 1. The van der Waals surface area contributed by atoms with Crippen LogP contribution in [0.1, 0.15) is 39.3 Å². The van der Waals surface area contributed by atoms with Crippen LogP contribution in [-0.2, 0) is 11.2 Å². The highest BCUT2D eigenvalue weighted by atomic mass is 32.1. The molecule has 0 radical (unpaired) electrons. The summed E-state index contributed by atoms with van der Waals surface area (Å²) < 4.78 is 5.68. The van der Waals surface area contributed by atoms with Crippen LogP contribution in [0.4, 0.5) is 0 Å². The SMILES string of the molecule is C[C@H]1c2ccsc2CCN1C(=O)COc1ccc(C(=O)c2ccccc2)cc1. The van der Waals surface area contributed by atoms with E-state index in [4.69, 9.17) is 4.74 Å². The first-order valence-electron chi connectivity index (χ1n) is 9.32. The molecule has 1 aliphatic heterocycles. The molecule has 0 unspecified atom stereocenters. The number of amides is 1. The van der Waals surface area contributed by atoms with Crippen molar-refractivity contribution in [1.82, 2.24) is 4.90 Å². The van der Waals surface area contributed by atoms with Crippen molar-refractivity contribution in [3.8, 4) is 5.75 Å². The van der Waals surface area contributed by atoms with Gasteiger partial charge in [-0.15, -0.1) is 11.3 Å². The highest BCUT2D eigenvalue weighted by Crippen LogP contribution is 2.32. The summed E-state index contributed by atoms with van der Waals surface area (Å²) in [5.41, 5.74) is 2.49. The molecule has 1 amide bonds. The fourth-order valence-electron chi connectivity index (χ4n) is 3.54. The maximum atomic E-state index is 12.6. The molecule has 4 rings (SSSR count). The van der Waals surface area contributed by atoms with E-state index in [9.17, 15) is 9.59 Å². The Morgan fingerprint density at radius 1 is 1.04 bits per heavy atom. The monoisotopic (exact) mass is 391 g/mol. The largest absolute Gasteiger partial charge is 0.484 e. The molecule has 3 aromatic rings. The van der Waals surface area contributed by atoms with Gasteiger partial charge >= 0.3 is 0 Å². The summed E-state index contributed by atoms with van der Waals surface area (Å²) >= 11 is 1.76. The molecule has 0 saturated carbocycles. The summed E-state index contributed by atoms with van der Waals surface area (Å²) in [4.78, 5) is 28.3. The normalized spacial score (nSPS) is 15.8. The van der Waals surface area contributed by atoms with Gasteiger partial charge in [-0.3, -0.25) is 9.59 Å². The van der Waals surface area contributed by atoms with Crippen molar-refractivity contribution in [3.05, 3.63) is 87.6 Å². The van der Waals surface area contributed by atoms with E-state index in [1.54, 1.807) is 47.7 Å². The van der Waals surface area contributed by atoms with Crippen molar-refractivity contribution < 1.29 is 14.3 Å². The molecular formula is C23H21NO3S. The fraction of sp³-hybridized carbons (Fsp3) is 0.217. The molecule has 1 aromatic heterocycles. The third-order valence-corrected chi connectivity index (χ3v) is 6.11. The number of carbonyl (C=O) groups excluding carboxylic acids is 2. The smallest absolute Gasteiger partial charge is 0.261 e. The lowest BCUT2D eigenvalue weighted by Crippen LogP contribution is -2.40. The molecule has 0 fully saturated rings. The number of benzene rings is 2. The van der Waals surface area contributed by atoms with Gasteiger partial charge in [-0.25, -0.2) is 0 Å². The summed E-state index contributed by atoms with van der Waals surface area (Å²) in [6.07, 6.45) is 0.902. The van der Waals surface area contributed by atoms with Crippen molar-refractivity contribution in [1.29, 1.82) is 0 Å². The zero-order valence-corrected chi connectivity index (χ0v) is 16.4. The van der Waals surface area contributed by atoms with E-state index in [1.807, 2.05) is 23.1 Å². The van der Waals surface area contributed by atoms with Gasteiger partial charge in [0.05, 0.1) is 6.04 Å². The Bertz CT molecular complexity index is 979. The molecule has 28 heavy (non-hydrogen) atoms. The molecule has 2 aromatic carbocycles. The summed E-state index contributed by atoms with van der Waals surface area (Å²) in [7, 11) is 0. The van der Waals surface area contributed by atoms with Gasteiger partial charge in [-0.05, 0) is 54.6 Å². The molecular weight excluding hydrogens is 370 g/mol. The maximum Gasteiger partial charge on any atom is 0.261 e. The average Bonchev–Trinajstić information content (AvgIpc) is 3.23. The minimum atomic E-state index is -0.0306. The van der Waals surface area contributed by atoms with Gasteiger partial charge in [0.2, 0.25) is 0 Å². The van der Waals surface area contributed by atoms with E-state index in [0.29, 0.717) is 16.9 Å². The molecule has 1 aliphatic rings. The number of hydrogen-bond donors (Lipinski definition) is 0. The summed E-state index contributed by atoms with van der Waals surface area (Å²) in [6.45, 7) is 2.78. The summed E-state index contributed by atoms with van der Waals surface area (Å²) in [5, 5.41) is 2.09. The van der Waals surface area contributed by atoms with Crippen LogP contribution in [0.15, 0.2) is 66.0 Å². The highest BCUT2D eigenvalue weighted by molar-refractivity contribution is 7.10. The predicted octanol–water partition coefficient (Wildman–Crippen LogP) is 4.50. The topological polar surface area (TPSA) is 46.6 Å². The Morgan fingerprint density at radius 2 is 1.75 bits per heavy atom. The van der Waals surface area contributed by atoms with Crippen molar-refractivity contribution in [2.45, 2.75) is 19.4 Å². The zero-order chi connectivity index (χ0) is 19.5. The second kappa shape index (κ2) is 7.98. The number of ether oxygens (including phenoxy) is 1. The highest BCUT2D eigenvalue weighted by Gasteiger charge is 2.28. The first-order chi connectivity index (χ1) is 13.6. The van der Waals surface area contributed by atoms with Gasteiger partial charge < -0.3 is 9.64 Å². The quantitative estimate of drug-likeness (QED) is 0.602. The Morgan fingerprint density at radius 3 is 2.50 bits per heavy atom. The van der Waals surface area contributed by atoms with Crippen LogP contribution in [0.3, 0.4) is 0 Å². The lowest BCUT2D eigenvalue weighted by Gasteiger charge is -2.33. The molecule has 1 atom stereocenters. The van der Waals surface area contributed by atoms with Crippen LogP contribution >= 0.6 is 11.3 Å². The minimum Gasteiger partial charge on any atom is -0.484 e. The van der Waals surface area contributed by atoms with Crippen LogP contribution in [0.25, 0.3) is 0 Å². The van der Waals surface area contributed by atoms with Crippen LogP contribution < -0.4 is 4.74 Å². The molecule has 142 valence electrons. The molecule has 0 aliphatic carbocycles. The fourth-order valence-corrected chi connectivity index (χ4v) is 4.50. The number of thiophene rings is 1. The van der Waals surface area contributed by atoms with E-state index in [-0.39, 0.29) is 24.3 Å². The molecule has 0 N–H and O–H groups in total. The Balaban J connectivity index is 1.36. The number of hydrogen-bond acceptors (Lipinski definition) is 4. The zero-order valence-electron chi connectivity index (χ0n) is 15.6. The van der Waals surface area contributed by atoms with Gasteiger partial charge in [0.25, 0.3) is 5.91 Å². The second-order valence-corrected chi connectivity index (χ2v) is 7.82. The third-order valence-electron chi connectivity index (χ3n) is 5.11. The van der Waals surface area contributed by atoms with E-state index in [0.717, 1.165) is 13.0 Å². The lowest BCUT2D eigenvalue weighted by atomic mass is 10.0. The van der Waals surface area contributed by atoms with Crippen LogP contribution in [0.2, 0.25) is 0 Å². The van der Waals surface area contributed by atoms with Crippen molar-refractivity contribution in [2.24, 2.45) is 0 Å². The van der Waals surface area contributed by atoms with Crippen molar-refractivity contribution in [2.75, 3.05) is 13.2 Å². The standard InChI is InChI=1S/C23H21NO3S/c1-16-20-12-14-28-21(20)11-13-24(16)22(25)15-27-19-9-7-18(8-10-19)23(26)17-5-3-2-4-6-17/h2-10,12,14,16H,11,13,15H2,1H3/t16-/m0/s1. The molecule has 5 heteroatoms. The van der Waals surface area contributed by atoms with Gasteiger partial charge in [-0.1, -0.05) is 30.3 Å². The lowest BCUT2D eigenvalue weighted by molar-refractivity contribution is -0.135. The number of carbonyl (C=O) groups is 2. The maximum absolute atomic E-state index is 12.6. The Labute approximate surface area is 168 Å². The average molecular weight is 391 g/mol. The van der Waals surface area contributed by atoms with Crippen molar-refractivity contribution in [3.63, 3.8) is 0 Å². The number of rotatable bonds is 5. The first-order valence-corrected chi connectivity index (χ1v) is 10.2. The molecule has 4 nitrogen and oxygen atoms in total. The number of fused-ring (bicyclic) bond motifs is 1. The molecule has 0 spiro atoms. The minimum absolute atomic E-state index is 0.00418. The van der Waals surface area contributed by atoms with E-state index in [1.165, 1.54) is 10.4 Å². The van der Waals surface area contributed by atoms with Gasteiger partial charge in [0.15, 0.2) is 12.4 Å². The van der Waals surface area contributed by atoms with E-state index in [2.05, 4.69) is 18.4 Å². The van der Waals surface area contributed by atoms with Gasteiger partial charge in [0, 0.05) is 22.5 Å². The summed E-state index contributed by atoms with van der Waals surface area (Å²) in [6, 6.07) is 18.3. The predicted molar refractivity (Wildman–Crippen MR) is 110 cm³/mol. The number of ketones is 1. The van der Waals surface area contributed by atoms with E-state index >= 15 is 0 Å². The summed E-state index contributed by atoms with van der Waals surface area (Å²) in [5.74, 6) is 0.532. The van der Waals surface area contributed by atoms with Gasteiger partial charge in [0.1, 0.15) is 5.75 Å².